The Morgan fingerprint density at radius 2 is 1.54 bits per heavy atom. The smallest absolute Gasteiger partial charge is 0.337 e. The van der Waals surface area contributed by atoms with Crippen molar-refractivity contribution in [2.75, 3.05) is 5.73 Å². The molecule has 0 spiro atoms. The minimum atomic E-state index is -0.988. The summed E-state index contributed by atoms with van der Waals surface area (Å²) in [7, 11) is 0. The average Bonchev–Trinajstić information content (AvgIpc) is 3.19. The van der Waals surface area contributed by atoms with E-state index in [1.165, 1.54) is 30.0 Å². The van der Waals surface area contributed by atoms with Gasteiger partial charge < -0.3 is 10.8 Å². The Morgan fingerprint density at radius 3 is 1.93 bits per heavy atom. The Kier molecular flexibility index (Phi) is 13.9. The number of carboxylic acids is 1. The third-order valence-corrected chi connectivity index (χ3v) is 3.56. The van der Waals surface area contributed by atoms with Gasteiger partial charge in [0.05, 0.1) is 16.8 Å². The van der Waals surface area contributed by atoms with Crippen molar-refractivity contribution in [2.45, 2.75) is 47.5 Å². The summed E-state index contributed by atoms with van der Waals surface area (Å²) < 4.78 is 0. The summed E-state index contributed by atoms with van der Waals surface area (Å²) in [4.78, 5) is 14.6. The Labute approximate surface area is 173 Å². The highest BCUT2D eigenvalue weighted by Gasteiger charge is 2.03. The van der Waals surface area contributed by atoms with Crippen molar-refractivity contribution in [2.24, 2.45) is 0 Å². The maximum absolute atomic E-state index is 10.3. The fourth-order valence-electron chi connectivity index (χ4n) is 1.77. The number of nitrogen functional groups attached to an aromatic ring is 1. The van der Waals surface area contributed by atoms with Crippen LogP contribution >= 0.6 is 11.3 Å². The first kappa shape index (κ1) is 25.3. The number of anilines is 1. The van der Waals surface area contributed by atoms with Crippen molar-refractivity contribution in [1.82, 2.24) is 4.98 Å². The van der Waals surface area contributed by atoms with Gasteiger partial charge in [0.1, 0.15) is 0 Å². The number of aromatic carboxylic acids is 1. The van der Waals surface area contributed by atoms with Gasteiger partial charge in [-0.05, 0) is 19.1 Å². The van der Waals surface area contributed by atoms with Gasteiger partial charge in [-0.25, -0.2) is 9.78 Å². The first-order valence-corrected chi connectivity index (χ1v) is 10.4. The molecule has 0 saturated carbocycles. The van der Waals surface area contributed by atoms with Gasteiger partial charge in [-0.15, -0.1) is 11.3 Å². The molecule has 2 aromatic carbocycles. The zero-order valence-corrected chi connectivity index (χ0v) is 18.3. The molecule has 3 aromatic rings. The molecule has 0 unspecified atom stereocenters. The zero-order valence-electron chi connectivity index (χ0n) is 17.5. The SMILES string of the molecule is CCC.CCC.Cc1ccc(-c2cscn2)cc1.Nc1ccccc1C(=O)O. The van der Waals surface area contributed by atoms with Crippen LogP contribution in [-0.2, 0) is 0 Å². The van der Waals surface area contributed by atoms with E-state index in [0.29, 0.717) is 5.69 Å². The summed E-state index contributed by atoms with van der Waals surface area (Å²) in [6, 6.07) is 14.8. The van der Waals surface area contributed by atoms with Crippen molar-refractivity contribution in [1.29, 1.82) is 0 Å². The fourth-order valence-corrected chi connectivity index (χ4v) is 2.33. The molecule has 0 bridgehead atoms. The number of benzene rings is 2. The van der Waals surface area contributed by atoms with Gasteiger partial charge in [-0.3, -0.25) is 0 Å². The van der Waals surface area contributed by atoms with E-state index < -0.39 is 5.97 Å². The number of aryl methyl sites for hydroxylation is 1. The zero-order chi connectivity index (χ0) is 21.4. The van der Waals surface area contributed by atoms with Crippen LogP contribution in [0.25, 0.3) is 11.3 Å². The molecule has 5 heteroatoms. The number of nitrogens with two attached hydrogens (primary N) is 1. The number of aromatic nitrogens is 1. The van der Waals surface area contributed by atoms with Crippen molar-refractivity contribution in [3.63, 3.8) is 0 Å². The fraction of sp³-hybridized carbons (Fsp3) is 0.304. The maximum Gasteiger partial charge on any atom is 0.337 e. The molecular weight excluding hydrogens is 368 g/mol. The normalized spacial score (nSPS) is 8.89. The Bertz CT molecular complexity index is 768. The Balaban J connectivity index is 0.000000413. The standard InChI is InChI=1S/C10H9NS.C7H7NO2.2C3H8/c1-8-2-4-9(5-3-8)10-6-12-7-11-10;8-6-4-2-1-3-5(6)7(9)10;2*1-3-2/h2-7H,1H3;1-4H,8H2,(H,9,10);2*3H2,1-2H3. The second-order valence-electron chi connectivity index (χ2n) is 6.05. The van der Waals surface area contributed by atoms with Crippen LogP contribution in [0.5, 0.6) is 0 Å². The van der Waals surface area contributed by atoms with E-state index in [1.54, 1.807) is 29.5 Å². The molecule has 3 rings (SSSR count). The predicted molar refractivity (Wildman–Crippen MR) is 122 cm³/mol. The van der Waals surface area contributed by atoms with Crippen LogP contribution in [0, 0.1) is 6.92 Å². The number of carboxylic acid groups (broad SMARTS) is 1. The molecule has 1 heterocycles. The predicted octanol–water partition coefficient (Wildman–Crippen LogP) is 6.92. The number of carbonyl (C=O) groups is 1. The van der Waals surface area contributed by atoms with Crippen LogP contribution in [0.1, 0.15) is 56.5 Å². The molecule has 0 aliphatic carbocycles. The molecule has 0 aliphatic rings. The minimum Gasteiger partial charge on any atom is -0.478 e. The van der Waals surface area contributed by atoms with Crippen LogP contribution < -0.4 is 5.73 Å². The van der Waals surface area contributed by atoms with E-state index in [0.717, 1.165) is 5.69 Å². The molecule has 4 nitrogen and oxygen atoms in total. The van der Waals surface area contributed by atoms with Gasteiger partial charge in [0, 0.05) is 16.6 Å². The maximum atomic E-state index is 10.3. The molecule has 0 saturated heterocycles. The van der Waals surface area contributed by atoms with E-state index in [9.17, 15) is 4.79 Å². The second-order valence-corrected chi connectivity index (χ2v) is 6.77. The average molecular weight is 401 g/mol. The van der Waals surface area contributed by atoms with Gasteiger partial charge in [-0.1, -0.05) is 82.5 Å². The highest BCUT2D eigenvalue weighted by atomic mass is 32.1. The number of hydrogen-bond acceptors (Lipinski definition) is 4. The molecule has 0 radical (unpaired) electrons. The van der Waals surface area contributed by atoms with Crippen molar-refractivity contribution < 1.29 is 9.90 Å². The number of rotatable bonds is 2. The summed E-state index contributed by atoms with van der Waals surface area (Å²) in [5.41, 5.74) is 11.2. The molecule has 0 fully saturated rings. The number of thiazole rings is 1. The van der Waals surface area contributed by atoms with E-state index in [4.69, 9.17) is 10.8 Å². The largest absolute Gasteiger partial charge is 0.478 e. The summed E-state index contributed by atoms with van der Waals surface area (Å²) >= 11 is 1.63. The number of para-hydroxylation sites is 1. The lowest BCUT2D eigenvalue weighted by atomic mass is 10.1. The molecule has 28 heavy (non-hydrogen) atoms. The Hall–Kier alpha value is -2.66. The topological polar surface area (TPSA) is 76.2 Å². The summed E-state index contributed by atoms with van der Waals surface area (Å²) in [6.07, 6.45) is 2.50. The van der Waals surface area contributed by atoms with Gasteiger partial charge in [0.15, 0.2) is 0 Å². The second kappa shape index (κ2) is 15.4. The summed E-state index contributed by atoms with van der Waals surface area (Å²) in [5.74, 6) is -0.988. The van der Waals surface area contributed by atoms with Gasteiger partial charge in [0.25, 0.3) is 0 Å². The van der Waals surface area contributed by atoms with Crippen LogP contribution in [-0.4, -0.2) is 16.1 Å². The summed E-state index contributed by atoms with van der Waals surface area (Å²) in [6.45, 7) is 10.6. The first-order valence-electron chi connectivity index (χ1n) is 9.44. The molecule has 152 valence electrons. The lowest BCUT2D eigenvalue weighted by Crippen LogP contribution is -2.00. The third kappa shape index (κ3) is 10.5. The quantitative estimate of drug-likeness (QED) is 0.458. The molecule has 3 N–H and O–H groups in total. The van der Waals surface area contributed by atoms with Crippen LogP contribution in [0.3, 0.4) is 0 Å². The van der Waals surface area contributed by atoms with E-state index in [2.05, 4.69) is 69.2 Å². The molecule has 0 amide bonds. The lowest BCUT2D eigenvalue weighted by Gasteiger charge is -1.96. The number of nitrogens with zero attached hydrogens (tertiary/aromatic N) is 1. The molecule has 1 aromatic heterocycles. The van der Waals surface area contributed by atoms with Gasteiger partial charge in [0.2, 0.25) is 0 Å². The highest BCUT2D eigenvalue weighted by molar-refractivity contribution is 7.07. The van der Waals surface area contributed by atoms with E-state index >= 15 is 0 Å². The van der Waals surface area contributed by atoms with Crippen molar-refractivity contribution in [3.8, 4) is 11.3 Å². The van der Waals surface area contributed by atoms with Gasteiger partial charge >= 0.3 is 5.97 Å². The summed E-state index contributed by atoms with van der Waals surface area (Å²) in [5, 5.41) is 10.5. The van der Waals surface area contributed by atoms with Crippen LogP contribution in [0.2, 0.25) is 0 Å². The minimum absolute atomic E-state index is 0.155. The van der Waals surface area contributed by atoms with Gasteiger partial charge in [-0.2, -0.15) is 0 Å². The third-order valence-electron chi connectivity index (χ3n) is 2.97. The highest BCUT2D eigenvalue weighted by Crippen LogP contribution is 2.18. The first-order chi connectivity index (χ1) is 13.4. The van der Waals surface area contributed by atoms with Crippen LogP contribution in [0.15, 0.2) is 59.4 Å². The molecular formula is C23H32N2O2S. The molecule has 0 aliphatic heterocycles. The Morgan fingerprint density at radius 1 is 1.00 bits per heavy atom. The monoisotopic (exact) mass is 400 g/mol. The van der Waals surface area contributed by atoms with Crippen molar-refractivity contribution >= 4 is 23.0 Å². The number of hydrogen-bond donors (Lipinski definition) is 2. The van der Waals surface area contributed by atoms with E-state index in [-0.39, 0.29) is 5.56 Å². The van der Waals surface area contributed by atoms with E-state index in [1.807, 2.05) is 5.51 Å². The van der Waals surface area contributed by atoms with Crippen LogP contribution in [0.4, 0.5) is 5.69 Å². The molecule has 0 atom stereocenters. The lowest BCUT2D eigenvalue weighted by molar-refractivity contribution is 0.0698. The van der Waals surface area contributed by atoms with Crippen molar-refractivity contribution in [3.05, 3.63) is 70.5 Å².